The van der Waals surface area contributed by atoms with Gasteiger partial charge in [0.1, 0.15) is 6.54 Å². The topological polar surface area (TPSA) is 43.2 Å². The lowest BCUT2D eigenvalue weighted by Gasteiger charge is -2.33. The van der Waals surface area contributed by atoms with Crippen molar-refractivity contribution < 1.29 is 19.2 Å². The summed E-state index contributed by atoms with van der Waals surface area (Å²) in [5.74, 6) is 1.52. The summed E-state index contributed by atoms with van der Waals surface area (Å²) >= 11 is 5.95. The Bertz CT molecular complexity index is 771. The molecule has 1 N–H and O–H groups in total. The number of hydrogen-bond acceptors (Lipinski definition) is 4. The van der Waals surface area contributed by atoms with Crippen molar-refractivity contribution in [3.05, 3.63) is 53.1 Å². The number of anilines is 1. The van der Waals surface area contributed by atoms with Crippen LogP contribution in [-0.4, -0.2) is 45.3 Å². The standard InChI is InChI=1S/C19H19ClN2O3/c20-15-2-4-16(5-3-15)22-9-7-21(8-10-22)12-17(23)14-1-6-18-19(11-14)25-13-24-18/h1-6,11H,7-10,12-13H2/p+1. The van der Waals surface area contributed by atoms with E-state index in [1.165, 1.54) is 10.6 Å². The minimum atomic E-state index is 0.147. The monoisotopic (exact) mass is 359 g/mol. The van der Waals surface area contributed by atoms with E-state index in [0.717, 1.165) is 31.2 Å². The number of ketones is 1. The molecule has 0 radical (unpaired) electrons. The molecule has 0 amide bonds. The minimum absolute atomic E-state index is 0.147. The normalized spacial score (nSPS) is 16.9. The summed E-state index contributed by atoms with van der Waals surface area (Å²) in [5.41, 5.74) is 1.88. The molecule has 0 aliphatic carbocycles. The van der Waals surface area contributed by atoms with E-state index in [4.69, 9.17) is 21.1 Å². The van der Waals surface area contributed by atoms with Crippen LogP contribution in [-0.2, 0) is 0 Å². The second-order valence-electron chi connectivity index (χ2n) is 6.38. The van der Waals surface area contributed by atoms with Crippen molar-refractivity contribution in [2.45, 2.75) is 0 Å². The summed E-state index contributed by atoms with van der Waals surface area (Å²) in [6.07, 6.45) is 0. The fraction of sp³-hybridized carbons (Fsp3) is 0.316. The maximum atomic E-state index is 12.6. The molecule has 25 heavy (non-hydrogen) atoms. The molecule has 0 aromatic heterocycles. The maximum absolute atomic E-state index is 12.6. The average Bonchev–Trinajstić information content (AvgIpc) is 3.11. The molecular formula is C19H20ClN2O3+. The van der Waals surface area contributed by atoms with Crippen LogP contribution >= 0.6 is 11.6 Å². The highest BCUT2D eigenvalue weighted by Gasteiger charge is 2.24. The lowest BCUT2D eigenvalue weighted by molar-refractivity contribution is -0.892. The Labute approximate surface area is 151 Å². The summed E-state index contributed by atoms with van der Waals surface area (Å²) in [5, 5.41) is 0.752. The number of nitrogens with one attached hydrogen (secondary N) is 1. The number of nitrogens with zero attached hydrogens (tertiary/aromatic N) is 1. The summed E-state index contributed by atoms with van der Waals surface area (Å²) in [7, 11) is 0. The molecule has 0 spiro atoms. The van der Waals surface area contributed by atoms with Gasteiger partial charge in [-0.2, -0.15) is 0 Å². The number of Topliss-reactive ketones (excluding diaryl/α,β-unsaturated/α-hetero) is 1. The zero-order valence-corrected chi connectivity index (χ0v) is 14.6. The van der Waals surface area contributed by atoms with Gasteiger partial charge in [-0.05, 0) is 42.5 Å². The highest BCUT2D eigenvalue weighted by Crippen LogP contribution is 2.32. The molecule has 1 saturated heterocycles. The molecule has 2 aliphatic heterocycles. The molecule has 5 nitrogen and oxygen atoms in total. The van der Waals surface area contributed by atoms with Crippen molar-refractivity contribution in [3.8, 4) is 11.5 Å². The first kappa shape index (κ1) is 16.2. The third kappa shape index (κ3) is 3.57. The van der Waals surface area contributed by atoms with Gasteiger partial charge in [0.2, 0.25) is 12.6 Å². The smallest absolute Gasteiger partial charge is 0.231 e. The zero-order valence-electron chi connectivity index (χ0n) is 13.8. The van der Waals surface area contributed by atoms with E-state index in [1.807, 2.05) is 36.4 Å². The van der Waals surface area contributed by atoms with Crippen molar-refractivity contribution in [1.29, 1.82) is 0 Å². The van der Waals surface area contributed by atoms with Gasteiger partial charge in [0.05, 0.1) is 26.2 Å². The molecule has 2 aliphatic rings. The van der Waals surface area contributed by atoms with E-state index in [9.17, 15) is 4.79 Å². The van der Waals surface area contributed by atoms with E-state index < -0.39 is 0 Å². The van der Waals surface area contributed by atoms with Crippen molar-refractivity contribution in [2.24, 2.45) is 0 Å². The third-order valence-electron chi connectivity index (χ3n) is 4.77. The number of fused-ring (bicyclic) bond motifs is 1. The van der Waals surface area contributed by atoms with Crippen LogP contribution in [0.3, 0.4) is 0 Å². The first-order chi connectivity index (χ1) is 12.2. The molecule has 0 atom stereocenters. The van der Waals surface area contributed by atoms with Gasteiger partial charge < -0.3 is 19.3 Å². The molecule has 0 saturated carbocycles. The van der Waals surface area contributed by atoms with Crippen LogP contribution < -0.4 is 19.3 Å². The van der Waals surface area contributed by atoms with E-state index in [0.29, 0.717) is 23.6 Å². The van der Waals surface area contributed by atoms with Crippen LogP contribution in [0.5, 0.6) is 11.5 Å². The van der Waals surface area contributed by atoms with E-state index in [2.05, 4.69) is 4.90 Å². The molecule has 2 aromatic rings. The maximum Gasteiger partial charge on any atom is 0.231 e. The fourth-order valence-electron chi connectivity index (χ4n) is 3.31. The van der Waals surface area contributed by atoms with Crippen LogP contribution in [0.1, 0.15) is 10.4 Å². The molecule has 0 unspecified atom stereocenters. The molecular weight excluding hydrogens is 340 g/mol. The number of carbonyl (C=O) groups excluding carboxylic acids is 1. The van der Waals surface area contributed by atoms with Gasteiger partial charge in [0.15, 0.2) is 11.5 Å². The van der Waals surface area contributed by atoms with Crippen LogP contribution in [0.2, 0.25) is 5.02 Å². The molecule has 130 valence electrons. The van der Waals surface area contributed by atoms with Gasteiger partial charge in [0, 0.05) is 16.3 Å². The van der Waals surface area contributed by atoms with Crippen molar-refractivity contribution in [2.75, 3.05) is 44.4 Å². The molecule has 0 bridgehead atoms. The Morgan fingerprint density at radius 3 is 2.52 bits per heavy atom. The van der Waals surface area contributed by atoms with Crippen molar-refractivity contribution >= 4 is 23.1 Å². The second kappa shape index (κ2) is 6.94. The number of piperazine rings is 1. The molecule has 2 aromatic carbocycles. The lowest BCUT2D eigenvalue weighted by Crippen LogP contribution is -3.15. The number of rotatable bonds is 4. The van der Waals surface area contributed by atoms with Crippen molar-refractivity contribution in [1.82, 2.24) is 0 Å². The molecule has 4 rings (SSSR count). The van der Waals surface area contributed by atoms with E-state index >= 15 is 0 Å². The van der Waals surface area contributed by atoms with Crippen LogP contribution in [0.15, 0.2) is 42.5 Å². The fourth-order valence-corrected chi connectivity index (χ4v) is 3.43. The predicted molar refractivity (Wildman–Crippen MR) is 96.1 cm³/mol. The first-order valence-electron chi connectivity index (χ1n) is 8.46. The number of benzene rings is 2. The summed E-state index contributed by atoms with van der Waals surface area (Å²) < 4.78 is 10.6. The quantitative estimate of drug-likeness (QED) is 0.843. The Kier molecular flexibility index (Phi) is 4.51. The Balaban J connectivity index is 1.34. The van der Waals surface area contributed by atoms with Gasteiger partial charge in [-0.25, -0.2) is 0 Å². The zero-order chi connectivity index (χ0) is 17.2. The first-order valence-corrected chi connectivity index (χ1v) is 8.84. The Morgan fingerprint density at radius 2 is 1.76 bits per heavy atom. The van der Waals surface area contributed by atoms with Gasteiger partial charge in [0.25, 0.3) is 0 Å². The van der Waals surface area contributed by atoms with Gasteiger partial charge in [-0.15, -0.1) is 0 Å². The van der Waals surface area contributed by atoms with Gasteiger partial charge >= 0.3 is 0 Å². The van der Waals surface area contributed by atoms with Crippen LogP contribution in [0, 0.1) is 0 Å². The van der Waals surface area contributed by atoms with Crippen molar-refractivity contribution in [3.63, 3.8) is 0 Å². The summed E-state index contributed by atoms with van der Waals surface area (Å²) in [4.78, 5) is 16.2. The van der Waals surface area contributed by atoms with Crippen LogP contribution in [0.4, 0.5) is 5.69 Å². The van der Waals surface area contributed by atoms with E-state index in [1.54, 1.807) is 6.07 Å². The molecule has 2 heterocycles. The van der Waals surface area contributed by atoms with E-state index in [-0.39, 0.29) is 12.6 Å². The number of halogens is 1. The Hall–Kier alpha value is -2.24. The second-order valence-corrected chi connectivity index (χ2v) is 6.82. The number of ether oxygens (including phenoxy) is 2. The van der Waals surface area contributed by atoms with Crippen LogP contribution in [0.25, 0.3) is 0 Å². The third-order valence-corrected chi connectivity index (χ3v) is 5.02. The largest absolute Gasteiger partial charge is 0.454 e. The minimum Gasteiger partial charge on any atom is -0.454 e. The molecule has 1 fully saturated rings. The number of quaternary nitrogens is 1. The molecule has 6 heteroatoms. The Morgan fingerprint density at radius 1 is 1.04 bits per heavy atom. The highest BCUT2D eigenvalue weighted by molar-refractivity contribution is 6.30. The SMILES string of the molecule is O=C(C[NH+]1CCN(c2ccc(Cl)cc2)CC1)c1ccc2c(c1)OCO2. The van der Waals surface area contributed by atoms with Gasteiger partial charge in [-0.1, -0.05) is 11.6 Å². The van der Waals surface area contributed by atoms with Gasteiger partial charge in [-0.3, -0.25) is 4.79 Å². The summed E-state index contributed by atoms with van der Waals surface area (Å²) in [6.45, 7) is 4.49. The highest BCUT2D eigenvalue weighted by atomic mass is 35.5. The summed E-state index contributed by atoms with van der Waals surface area (Å²) in [6, 6.07) is 13.3. The predicted octanol–water partition coefficient (Wildman–Crippen LogP) is 1.66. The number of hydrogen-bond donors (Lipinski definition) is 1. The lowest BCUT2D eigenvalue weighted by atomic mass is 10.1. The number of carbonyl (C=O) groups is 1. The average molecular weight is 360 g/mol.